The maximum absolute atomic E-state index is 12.0. The molecule has 0 heterocycles. The van der Waals surface area contributed by atoms with Crippen LogP contribution in [0.4, 0.5) is 5.69 Å². The number of nitrogens with two attached hydrogens (primary N) is 1. The second kappa shape index (κ2) is 8.44. The molecule has 0 aromatic heterocycles. The summed E-state index contributed by atoms with van der Waals surface area (Å²) in [7, 11) is 0. The van der Waals surface area contributed by atoms with Crippen LogP contribution in [0, 0.1) is 0 Å². The predicted octanol–water partition coefficient (Wildman–Crippen LogP) is 3.79. The first kappa shape index (κ1) is 18.1. The van der Waals surface area contributed by atoms with Crippen molar-refractivity contribution in [1.82, 2.24) is 5.32 Å². The maximum atomic E-state index is 12.0. The highest BCUT2D eigenvalue weighted by atomic mass is 35.5. The molecule has 22 heavy (non-hydrogen) atoms. The highest BCUT2D eigenvalue weighted by Crippen LogP contribution is 2.14. The van der Waals surface area contributed by atoms with Crippen LogP contribution < -0.4 is 11.1 Å². The fourth-order valence-corrected chi connectivity index (χ4v) is 2.13. The van der Waals surface area contributed by atoms with E-state index in [1.165, 1.54) is 11.1 Å². The van der Waals surface area contributed by atoms with E-state index in [0.717, 1.165) is 12.1 Å². The summed E-state index contributed by atoms with van der Waals surface area (Å²) in [5, 5.41) is 2.94. The van der Waals surface area contributed by atoms with Crippen LogP contribution in [0.3, 0.4) is 0 Å². The Morgan fingerprint density at radius 2 is 1.64 bits per heavy atom. The van der Waals surface area contributed by atoms with Gasteiger partial charge in [0, 0.05) is 17.8 Å². The standard InChI is InChI=1S/C18H22N2O.ClH/c1-13(2)15-5-7-16(8-6-15)18(21)20-12-11-14-3-9-17(19)10-4-14;/h3-10,13H,11-12,19H2,1-2H3,(H,20,21);1H. The van der Waals surface area contributed by atoms with Crippen LogP contribution >= 0.6 is 12.4 Å². The van der Waals surface area contributed by atoms with Crippen molar-refractivity contribution in [3.05, 3.63) is 65.2 Å². The van der Waals surface area contributed by atoms with Gasteiger partial charge in [0.05, 0.1) is 0 Å². The number of nitrogens with one attached hydrogen (secondary N) is 1. The first-order valence-electron chi connectivity index (χ1n) is 7.29. The third-order valence-corrected chi connectivity index (χ3v) is 3.52. The van der Waals surface area contributed by atoms with Gasteiger partial charge >= 0.3 is 0 Å². The Hall–Kier alpha value is -2.00. The van der Waals surface area contributed by atoms with E-state index in [0.29, 0.717) is 18.0 Å². The molecule has 0 aliphatic heterocycles. The summed E-state index contributed by atoms with van der Waals surface area (Å²) in [6.45, 7) is 4.90. The number of hydrogen-bond acceptors (Lipinski definition) is 2. The second-order valence-electron chi connectivity index (χ2n) is 5.52. The Labute approximate surface area is 138 Å². The molecule has 0 unspecified atom stereocenters. The number of hydrogen-bond donors (Lipinski definition) is 2. The Balaban J connectivity index is 0.00000242. The lowest BCUT2D eigenvalue weighted by molar-refractivity contribution is 0.0954. The van der Waals surface area contributed by atoms with E-state index in [9.17, 15) is 4.79 Å². The third kappa shape index (κ3) is 5.08. The quantitative estimate of drug-likeness (QED) is 0.824. The topological polar surface area (TPSA) is 55.1 Å². The lowest BCUT2D eigenvalue weighted by atomic mass is 10.0. The van der Waals surface area contributed by atoms with Crippen molar-refractivity contribution in [2.45, 2.75) is 26.2 Å². The molecule has 0 atom stereocenters. The molecule has 0 bridgehead atoms. The zero-order chi connectivity index (χ0) is 15.2. The summed E-state index contributed by atoms with van der Waals surface area (Å²) in [5.41, 5.74) is 9.52. The van der Waals surface area contributed by atoms with Gasteiger partial charge in [0.15, 0.2) is 0 Å². The Kier molecular flexibility index (Phi) is 6.93. The fourth-order valence-electron chi connectivity index (χ4n) is 2.13. The lowest BCUT2D eigenvalue weighted by Crippen LogP contribution is -2.25. The number of carbonyl (C=O) groups excluding carboxylic acids is 1. The number of rotatable bonds is 5. The first-order valence-corrected chi connectivity index (χ1v) is 7.29. The number of carbonyl (C=O) groups is 1. The average Bonchev–Trinajstić information content (AvgIpc) is 2.49. The van der Waals surface area contributed by atoms with Crippen LogP contribution in [-0.4, -0.2) is 12.5 Å². The number of halogens is 1. The van der Waals surface area contributed by atoms with E-state index < -0.39 is 0 Å². The molecule has 0 saturated carbocycles. The molecular weight excluding hydrogens is 296 g/mol. The SMILES string of the molecule is CC(C)c1ccc(C(=O)NCCc2ccc(N)cc2)cc1.Cl. The van der Waals surface area contributed by atoms with E-state index in [2.05, 4.69) is 19.2 Å². The van der Waals surface area contributed by atoms with Crippen LogP contribution in [0.2, 0.25) is 0 Å². The molecule has 0 aliphatic carbocycles. The van der Waals surface area contributed by atoms with Gasteiger partial charge in [0.2, 0.25) is 0 Å². The second-order valence-corrected chi connectivity index (χ2v) is 5.52. The van der Waals surface area contributed by atoms with E-state index in [4.69, 9.17) is 5.73 Å². The van der Waals surface area contributed by atoms with Gasteiger partial charge in [-0.3, -0.25) is 4.79 Å². The van der Waals surface area contributed by atoms with E-state index in [1.54, 1.807) is 0 Å². The molecule has 2 rings (SSSR count). The number of benzene rings is 2. The predicted molar refractivity (Wildman–Crippen MR) is 94.7 cm³/mol. The van der Waals surface area contributed by atoms with E-state index in [1.807, 2.05) is 48.5 Å². The monoisotopic (exact) mass is 318 g/mol. The van der Waals surface area contributed by atoms with E-state index in [-0.39, 0.29) is 18.3 Å². The molecule has 118 valence electrons. The van der Waals surface area contributed by atoms with Crippen LogP contribution in [0.1, 0.15) is 41.3 Å². The molecule has 1 amide bonds. The fraction of sp³-hybridized carbons (Fsp3) is 0.278. The van der Waals surface area contributed by atoms with Crippen molar-refractivity contribution < 1.29 is 4.79 Å². The van der Waals surface area contributed by atoms with Crippen LogP contribution in [0.25, 0.3) is 0 Å². The van der Waals surface area contributed by atoms with Crippen molar-refractivity contribution >= 4 is 24.0 Å². The van der Waals surface area contributed by atoms with Gasteiger partial charge in [-0.25, -0.2) is 0 Å². The summed E-state index contributed by atoms with van der Waals surface area (Å²) in [6, 6.07) is 15.5. The van der Waals surface area contributed by atoms with Crippen LogP contribution in [0.15, 0.2) is 48.5 Å². The normalized spacial score (nSPS) is 10.1. The Morgan fingerprint density at radius 3 is 2.18 bits per heavy atom. The third-order valence-electron chi connectivity index (χ3n) is 3.52. The van der Waals surface area contributed by atoms with Crippen LogP contribution in [0.5, 0.6) is 0 Å². The maximum Gasteiger partial charge on any atom is 0.251 e. The van der Waals surface area contributed by atoms with Gasteiger partial charge in [-0.05, 0) is 47.7 Å². The number of amides is 1. The smallest absolute Gasteiger partial charge is 0.251 e. The summed E-state index contributed by atoms with van der Waals surface area (Å²) >= 11 is 0. The number of nitrogen functional groups attached to an aromatic ring is 1. The molecule has 0 radical (unpaired) electrons. The molecule has 0 fully saturated rings. The molecule has 2 aromatic rings. The van der Waals surface area contributed by atoms with Crippen LogP contribution in [-0.2, 0) is 6.42 Å². The van der Waals surface area contributed by atoms with Gasteiger partial charge in [-0.15, -0.1) is 12.4 Å². The van der Waals surface area contributed by atoms with Crippen molar-refractivity contribution in [3.63, 3.8) is 0 Å². The average molecular weight is 319 g/mol. The minimum Gasteiger partial charge on any atom is -0.399 e. The first-order chi connectivity index (χ1) is 10.1. The van der Waals surface area contributed by atoms with Gasteiger partial charge in [0.25, 0.3) is 5.91 Å². The van der Waals surface area contributed by atoms with Gasteiger partial charge in [-0.2, -0.15) is 0 Å². The molecule has 4 heteroatoms. The zero-order valence-corrected chi connectivity index (χ0v) is 13.8. The summed E-state index contributed by atoms with van der Waals surface area (Å²) < 4.78 is 0. The van der Waals surface area contributed by atoms with Crippen molar-refractivity contribution in [2.75, 3.05) is 12.3 Å². The Morgan fingerprint density at radius 1 is 1.05 bits per heavy atom. The summed E-state index contributed by atoms with van der Waals surface area (Å²) in [4.78, 5) is 12.0. The molecule has 0 aliphatic rings. The minimum atomic E-state index is -0.0271. The lowest BCUT2D eigenvalue weighted by Gasteiger charge is -2.08. The highest BCUT2D eigenvalue weighted by Gasteiger charge is 2.06. The molecule has 0 spiro atoms. The van der Waals surface area contributed by atoms with Gasteiger partial charge in [-0.1, -0.05) is 38.1 Å². The van der Waals surface area contributed by atoms with Crippen molar-refractivity contribution in [1.29, 1.82) is 0 Å². The molecule has 0 saturated heterocycles. The van der Waals surface area contributed by atoms with Gasteiger partial charge < -0.3 is 11.1 Å². The highest BCUT2D eigenvalue weighted by molar-refractivity contribution is 5.94. The zero-order valence-electron chi connectivity index (χ0n) is 13.0. The molecule has 3 nitrogen and oxygen atoms in total. The summed E-state index contributed by atoms with van der Waals surface area (Å²) in [5.74, 6) is 0.452. The Bertz CT molecular complexity index is 591. The molecular formula is C18H23ClN2O. The molecule has 2 aromatic carbocycles. The van der Waals surface area contributed by atoms with Crippen molar-refractivity contribution in [2.24, 2.45) is 0 Å². The van der Waals surface area contributed by atoms with Crippen molar-refractivity contribution in [3.8, 4) is 0 Å². The number of anilines is 1. The van der Waals surface area contributed by atoms with Gasteiger partial charge in [0.1, 0.15) is 0 Å². The largest absolute Gasteiger partial charge is 0.399 e. The molecule has 3 N–H and O–H groups in total. The summed E-state index contributed by atoms with van der Waals surface area (Å²) in [6.07, 6.45) is 0.802. The van der Waals surface area contributed by atoms with E-state index >= 15 is 0 Å². The minimum absolute atomic E-state index is 0.